The number of carboxylic acids is 1. The number of aliphatic carboxylic acids is 1. The molecule has 0 heterocycles. The zero-order valence-corrected chi connectivity index (χ0v) is 19.3. The van der Waals surface area contributed by atoms with Gasteiger partial charge >= 0.3 is 5.97 Å². The van der Waals surface area contributed by atoms with Crippen LogP contribution in [0, 0.1) is 11.8 Å². The van der Waals surface area contributed by atoms with Gasteiger partial charge in [-0.3, -0.25) is 19.2 Å². The summed E-state index contributed by atoms with van der Waals surface area (Å²) in [6.07, 6.45) is 1.51. The van der Waals surface area contributed by atoms with Crippen LogP contribution in [-0.2, 0) is 25.6 Å². The molecule has 0 spiro atoms. The Morgan fingerprint density at radius 1 is 0.906 bits per heavy atom. The highest BCUT2D eigenvalue weighted by Crippen LogP contribution is 2.12. The summed E-state index contributed by atoms with van der Waals surface area (Å²) in [6.45, 7) is 6.96. The summed E-state index contributed by atoms with van der Waals surface area (Å²) in [6, 6.07) is 6.42. The number of carbonyl (C=O) groups excluding carboxylic acids is 3. The van der Waals surface area contributed by atoms with Crippen molar-refractivity contribution >= 4 is 23.7 Å². The van der Waals surface area contributed by atoms with Crippen molar-refractivity contribution < 1.29 is 24.3 Å². The van der Waals surface area contributed by atoms with Gasteiger partial charge in [-0.1, -0.05) is 70.9 Å². The Balaban J connectivity index is 3.03. The standard InChI is InChI=1S/C23H36N4O5/c1-5-14(3)19(24)22(31)27-20(15(4)6-2)23(32)26-17(21(30)25-13-18(28)29)12-16-10-8-7-9-11-16/h7-11,14-15,17,19-20H,5-6,12-13,24H2,1-4H3,(H,25,30)(H,26,32)(H,27,31)(H,28,29). The van der Waals surface area contributed by atoms with E-state index in [1.807, 2.05) is 58.0 Å². The van der Waals surface area contributed by atoms with Gasteiger partial charge in [0.05, 0.1) is 6.04 Å². The molecule has 1 rings (SSSR count). The van der Waals surface area contributed by atoms with E-state index in [-0.39, 0.29) is 18.3 Å². The average Bonchev–Trinajstić information content (AvgIpc) is 2.79. The van der Waals surface area contributed by atoms with E-state index in [9.17, 15) is 19.2 Å². The number of carbonyl (C=O) groups is 4. The lowest BCUT2D eigenvalue weighted by atomic mass is 9.95. The Hall–Kier alpha value is -2.94. The number of benzene rings is 1. The van der Waals surface area contributed by atoms with Gasteiger partial charge in [0.2, 0.25) is 17.7 Å². The van der Waals surface area contributed by atoms with Crippen LogP contribution in [0.4, 0.5) is 0 Å². The van der Waals surface area contributed by atoms with Crippen LogP contribution in [0.1, 0.15) is 46.1 Å². The fraction of sp³-hybridized carbons (Fsp3) is 0.565. The molecule has 0 bridgehead atoms. The first kappa shape index (κ1) is 27.1. The van der Waals surface area contributed by atoms with Gasteiger partial charge in [-0.05, 0) is 17.4 Å². The van der Waals surface area contributed by atoms with E-state index in [0.29, 0.717) is 6.42 Å². The SMILES string of the molecule is CCC(C)C(N)C(=O)NC(C(=O)NC(Cc1ccccc1)C(=O)NCC(=O)O)C(C)CC. The minimum absolute atomic E-state index is 0.0525. The molecular formula is C23H36N4O5. The molecule has 5 unspecified atom stereocenters. The maximum atomic E-state index is 13.1. The van der Waals surface area contributed by atoms with Gasteiger partial charge in [-0.15, -0.1) is 0 Å². The van der Waals surface area contributed by atoms with Gasteiger partial charge in [0.15, 0.2) is 0 Å². The quantitative estimate of drug-likeness (QED) is 0.301. The number of nitrogens with two attached hydrogens (primary N) is 1. The van der Waals surface area contributed by atoms with Crippen molar-refractivity contribution in [1.29, 1.82) is 0 Å². The number of rotatable bonds is 13. The van der Waals surface area contributed by atoms with E-state index >= 15 is 0 Å². The lowest BCUT2D eigenvalue weighted by molar-refractivity contribution is -0.138. The van der Waals surface area contributed by atoms with Gasteiger partial charge in [-0.2, -0.15) is 0 Å². The monoisotopic (exact) mass is 448 g/mol. The molecule has 9 nitrogen and oxygen atoms in total. The second-order valence-electron chi connectivity index (χ2n) is 8.15. The van der Waals surface area contributed by atoms with E-state index in [1.165, 1.54) is 0 Å². The molecule has 6 N–H and O–H groups in total. The minimum atomic E-state index is -1.19. The normalized spacial score (nSPS) is 15.5. The molecule has 9 heteroatoms. The molecule has 0 aromatic heterocycles. The van der Waals surface area contributed by atoms with Crippen molar-refractivity contribution in [2.75, 3.05) is 6.54 Å². The van der Waals surface area contributed by atoms with Gasteiger partial charge < -0.3 is 26.8 Å². The molecule has 5 atom stereocenters. The first-order valence-electron chi connectivity index (χ1n) is 11.0. The number of nitrogens with one attached hydrogen (secondary N) is 3. The molecule has 1 aromatic carbocycles. The summed E-state index contributed by atoms with van der Waals surface area (Å²) in [5.74, 6) is -3.00. The van der Waals surface area contributed by atoms with Crippen LogP contribution in [-0.4, -0.2) is 53.5 Å². The maximum absolute atomic E-state index is 13.1. The summed E-state index contributed by atoms with van der Waals surface area (Å²) in [7, 11) is 0. The molecule has 1 aromatic rings. The molecule has 0 aliphatic carbocycles. The van der Waals surface area contributed by atoms with Crippen molar-refractivity contribution in [3.05, 3.63) is 35.9 Å². The summed E-state index contributed by atoms with van der Waals surface area (Å²) >= 11 is 0. The lowest BCUT2D eigenvalue weighted by Gasteiger charge is -2.28. The summed E-state index contributed by atoms with van der Waals surface area (Å²) in [5, 5.41) is 16.6. The Kier molecular flexibility index (Phi) is 11.4. The fourth-order valence-electron chi connectivity index (χ4n) is 3.07. The van der Waals surface area contributed by atoms with Crippen molar-refractivity contribution in [2.24, 2.45) is 17.6 Å². The molecule has 0 aliphatic rings. The topological polar surface area (TPSA) is 151 Å². The number of hydrogen-bond acceptors (Lipinski definition) is 5. The predicted molar refractivity (Wildman–Crippen MR) is 122 cm³/mol. The van der Waals surface area contributed by atoms with Gasteiger partial charge in [0.1, 0.15) is 18.6 Å². The van der Waals surface area contributed by atoms with Crippen molar-refractivity contribution in [2.45, 2.75) is 65.1 Å². The maximum Gasteiger partial charge on any atom is 0.322 e. The van der Waals surface area contributed by atoms with Crippen LogP contribution in [0.3, 0.4) is 0 Å². The molecule has 0 aliphatic heterocycles. The smallest absolute Gasteiger partial charge is 0.322 e. The van der Waals surface area contributed by atoms with Crippen molar-refractivity contribution in [3.8, 4) is 0 Å². The fourth-order valence-corrected chi connectivity index (χ4v) is 3.07. The highest BCUT2D eigenvalue weighted by atomic mass is 16.4. The van der Waals surface area contributed by atoms with Crippen LogP contribution in [0.25, 0.3) is 0 Å². The summed E-state index contributed by atoms with van der Waals surface area (Å²) < 4.78 is 0. The summed E-state index contributed by atoms with van der Waals surface area (Å²) in [4.78, 5) is 49.2. The molecule has 32 heavy (non-hydrogen) atoms. The second kappa shape index (κ2) is 13.5. The Labute approximate surface area is 189 Å². The van der Waals surface area contributed by atoms with Gasteiger partial charge in [0, 0.05) is 6.42 Å². The lowest BCUT2D eigenvalue weighted by Crippen LogP contribution is -2.58. The van der Waals surface area contributed by atoms with E-state index in [2.05, 4.69) is 16.0 Å². The van der Waals surface area contributed by atoms with Crippen molar-refractivity contribution in [1.82, 2.24) is 16.0 Å². The van der Waals surface area contributed by atoms with Crippen LogP contribution in [0.2, 0.25) is 0 Å². The largest absolute Gasteiger partial charge is 0.480 e. The molecule has 0 saturated carbocycles. The Morgan fingerprint density at radius 3 is 2.03 bits per heavy atom. The first-order chi connectivity index (χ1) is 15.1. The molecule has 178 valence electrons. The second-order valence-corrected chi connectivity index (χ2v) is 8.15. The van der Waals surface area contributed by atoms with Crippen LogP contribution in [0.5, 0.6) is 0 Å². The number of hydrogen-bond donors (Lipinski definition) is 5. The number of amides is 3. The van der Waals surface area contributed by atoms with Crippen molar-refractivity contribution in [3.63, 3.8) is 0 Å². The minimum Gasteiger partial charge on any atom is -0.480 e. The average molecular weight is 449 g/mol. The molecule has 3 amide bonds. The molecular weight excluding hydrogens is 412 g/mol. The zero-order valence-electron chi connectivity index (χ0n) is 19.3. The summed E-state index contributed by atoms with van der Waals surface area (Å²) in [5.41, 5.74) is 6.81. The van der Waals surface area contributed by atoms with Crippen LogP contribution < -0.4 is 21.7 Å². The van der Waals surface area contributed by atoms with E-state index in [4.69, 9.17) is 10.8 Å². The molecule has 0 fully saturated rings. The molecule has 0 saturated heterocycles. The third-order valence-corrected chi connectivity index (χ3v) is 5.68. The highest BCUT2D eigenvalue weighted by Gasteiger charge is 2.32. The molecule has 0 radical (unpaired) electrons. The third kappa shape index (κ3) is 8.66. The zero-order chi connectivity index (χ0) is 24.3. The highest BCUT2D eigenvalue weighted by molar-refractivity contribution is 5.94. The Bertz CT molecular complexity index is 771. The third-order valence-electron chi connectivity index (χ3n) is 5.68. The van der Waals surface area contributed by atoms with E-state index in [0.717, 1.165) is 12.0 Å². The predicted octanol–water partition coefficient (Wildman–Crippen LogP) is 0.819. The van der Waals surface area contributed by atoms with Gasteiger partial charge in [-0.25, -0.2) is 0 Å². The van der Waals surface area contributed by atoms with Crippen LogP contribution in [0.15, 0.2) is 30.3 Å². The van der Waals surface area contributed by atoms with E-state index < -0.39 is 48.4 Å². The van der Waals surface area contributed by atoms with Crippen LogP contribution >= 0.6 is 0 Å². The van der Waals surface area contributed by atoms with E-state index in [1.54, 1.807) is 0 Å². The Morgan fingerprint density at radius 2 is 1.50 bits per heavy atom. The number of carboxylic acid groups (broad SMARTS) is 1. The van der Waals surface area contributed by atoms with Gasteiger partial charge in [0.25, 0.3) is 0 Å². The first-order valence-corrected chi connectivity index (χ1v) is 11.0.